The summed E-state index contributed by atoms with van der Waals surface area (Å²) in [6.07, 6.45) is 0. The van der Waals surface area contributed by atoms with Crippen LogP contribution in [0.4, 0.5) is 0 Å². The normalized spacial score (nSPS) is 15.2. The van der Waals surface area contributed by atoms with E-state index in [1.165, 1.54) is 7.11 Å². The van der Waals surface area contributed by atoms with Crippen molar-refractivity contribution in [3.8, 4) is 17.3 Å². The molecular formula is C17H20N4O5. The van der Waals surface area contributed by atoms with Gasteiger partial charge in [-0.3, -0.25) is 14.8 Å². The highest BCUT2D eigenvalue weighted by atomic mass is 16.5. The van der Waals surface area contributed by atoms with E-state index in [-0.39, 0.29) is 5.56 Å². The van der Waals surface area contributed by atoms with Crippen LogP contribution in [0.15, 0.2) is 39.0 Å². The third-order valence-electron chi connectivity index (χ3n) is 4.06. The second kappa shape index (κ2) is 7.44. The van der Waals surface area contributed by atoms with E-state index in [2.05, 4.69) is 10.1 Å². The Labute approximate surface area is 149 Å². The van der Waals surface area contributed by atoms with Crippen molar-refractivity contribution in [3.05, 3.63) is 50.7 Å². The number of methoxy groups -OCH3 is 1. The first-order valence-corrected chi connectivity index (χ1v) is 8.12. The van der Waals surface area contributed by atoms with Crippen LogP contribution in [0.2, 0.25) is 0 Å². The van der Waals surface area contributed by atoms with Crippen molar-refractivity contribution in [3.63, 3.8) is 0 Å². The first-order valence-electron chi connectivity index (χ1n) is 8.12. The van der Waals surface area contributed by atoms with Crippen molar-refractivity contribution in [2.45, 2.75) is 6.92 Å². The molecule has 2 aromatic rings. The van der Waals surface area contributed by atoms with Gasteiger partial charge in [0.15, 0.2) is 0 Å². The standard InChI is InChI=1S/C17H20N4O5/c1-11(19-20-7-9-26-10-8-20)14-15(22)18-17(24)21(16(14)23)12-3-5-13(25-2)6-4-12/h3-6,23H,7-10H2,1-2H3,(H,18,22,24). The molecule has 0 saturated carbocycles. The third-order valence-corrected chi connectivity index (χ3v) is 4.06. The van der Waals surface area contributed by atoms with E-state index < -0.39 is 17.1 Å². The summed E-state index contributed by atoms with van der Waals surface area (Å²) in [5.41, 5.74) is -0.767. The monoisotopic (exact) mass is 360 g/mol. The average molecular weight is 360 g/mol. The van der Waals surface area contributed by atoms with Crippen LogP contribution >= 0.6 is 0 Å². The lowest BCUT2D eigenvalue weighted by atomic mass is 10.2. The molecule has 0 spiro atoms. The highest BCUT2D eigenvalue weighted by molar-refractivity contribution is 6.00. The molecule has 138 valence electrons. The van der Waals surface area contributed by atoms with Crippen LogP contribution in [-0.4, -0.2) is 58.8 Å². The van der Waals surface area contributed by atoms with Gasteiger partial charge < -0.3 is 14.6 Å². The molecule has 1 fully saturated rings. The average Bonchev–Trinajstić information content (AvgIpc) is 2.62. The molecular weight excluding hydrogens is 340 g/mol. The van der Waals surface area contributed by atoms with Crippen LogP contribution in [0.1, 0.15) is 12.5 Å². The van der Waals surface area contributed by atoms with Crippen LogP contribution < -0.4 is 16.0 Å². The second-order valence-corrected chi connectivity index (χ2v) is 5.74. The molecule has 1 aromatic heterocycles. The van der Waals surface area contributed by atoms with E-state index in [1.54, 1.807) is 36.2 Å². The van der Waals surface area contributed by atoms with Crippen molar-refractivity contribution in [2.24, 2.45) is 5.10 Å². The van der Waals surface area contributed by atoms with Crippen LogP contribution in [0.3, 0.4) is 0 Å². The molecule has 0 aliphatic carbocycles. The number of aromatic amines is 1. The molecule has 9 nitrogen and oxygen atoms in total. The van der Waals surface area contributed by atoms with Crippen LogP contribution in [0, 0.1) is 0 Å². The Kier molecular flexibility index (Phi) is 5.08. The summed E-state index contributed by atoms with van der Waals surface area (Å²) < 4.78 is 11.4. The number of rotatable bonds is 4. The largest absolute Gasteiger partial charge is 0.497 e. The number of H-pyrrole nitrogens is 1. The summed E-state index contributed by atoms with van der Waals surface area (Å²) in [6, 6.07) is 6.52. The molecule has 0 unspecified atom stereocenters. The Morgan fingerprint density at radius 3 is 2.50 bits per heavy atom. The quantitative estimate of drug-likeness (QED) is 0.759. The molecule has 0 amide bonds. The molecule has 0 bridgehead atoms. The fourth-order valence-corrected chi connectivity index (χ4v) is 2.74. The molecule has 1 aliphatic rings. The number of hydrogen-bond donors (Lipinski definition) is 2. The highest BCUT2D eigenvalue weighted by Crippen LogP contribution is 2.20. The molecule has 1 aliphatic heterocycles. The first kappa shape index (κ1) is 17.7. The van der Waals surface area contributed by atoms with E-state index in [4.69, 9.17) is 9.47 Å². The van der Waals surface area contributed by atoms with Gasteiger partial charge in [-0.2, -0.15) is 5.10 Å². The predicted molar refractivity (Wildman–Crippen MR) is 95.5 cm³/mol. The summed E-state index contributed by atoms with van der Waals surface area (Å²) in [5, 5.41) is 16.8. The van der Waals surface area contributed by atoms with Gasteiger partial charge in [0.25, 0.3) is 5.56 Å². The number of hydrazone groups is 1. The number of ether oxygens (including phenoxy) is 2. The Morgan fingerprint density at radius 2 is 1.88 bits per heavy atom. The highest BCUT2D eigenvalue weighted by Gasteiger charge is 2.19. The van der Waals surface area contributed by atoms with Gasteiger partial charge in [0.1, 0.15) is 11.3 Å². The van der Waals surface area contributed by atoms with Gasteiger partial charge in [-0.25, -0.2) is 9.36 Å². The zero-order chi connectivity index (χ0) is 18.7. The van der Waals surface area contributed by atoms with E-state index in [9.17, 15) is 14.7 Å². The van der Waals surface area contributed by atoms with Crippen molar-refractivity contribution in [1.82, 2.24) is 14.6 Å². The van der Waals surface area contributed by atoms with Crippen molar-refractivity contribution in [1.29, 1.82) is 0 Å². The number of nitrogens with one attached hydrogen (secondary N) is 1. The minimum absolute atomic E-state index is 0.0492. The first-order chi connectivity index (χ1) is 12.5. The number of morpholine rings is 1. The molecule has 26 heavy (non-hydrogen) atoms. The minimum Gasteiger partial charge on any atom is -0.497 e. The lowest BCUT2D eigenvalue weighted by Crippen LogP contribution is -2.35. The van der Waals surface area contributed by atoms with Crippen molar-refractivity contribution < 1.29 is 14.6 Å². The Hall–Kier alpha value is -3.07. The van der Waals surface area contributed by atoms with Gasteiger partial charge in [-0.1, -0.05) is 0 Å². The number of benzene rings is 1. The summed E-state index contributed by atoms with van der Waals surface area (Å²) >= 11 is 0. The fraction of sp³-hybridized carbons (Fsp3) is 0.353. The topological polar surface area (TPSA) is 109 Å². The van der Waals surface area contributed by atoms with Crippen LogP contribution in [0.5, 0.6) is 11.6 Å². The second-order valence-electron chi connectivity index (χ2n) is 5.74. The Bertz CT molecular complexity index is 924. The zero-order valence-electron chi connectivity index (χ0n) is 14.6. The third kappa shape index (κ3) is 3.47. The van der Waals surface area contributed by atoms with Gasteiger partial charge in [-0.05, 0) is 31.2 Å². The maximum Gasteiger partial charge on any atom is 0.335 e. The molecule has 1 aromatic carbocycles. The molecule has 2 heterocycles. The minimum atomic E-state index is -0.736. The van der Waals surface area contributed by atoms with Crippen LogP contribution in [0.25, 0.3) is 5.69 Å². The molecule has 0 radical (unpaired) electrons. The summed E-state index contributed by atoms with van der Waals surface area (Å²) in [5.74, 6) is 0.148. The van der Waals surface area contributed by atoms with Crippen LogP contribution in [-0.2, 0) is 4.74 Å². The van der Waals surface area contributed by atoms with Gasteiger partial charge in [0.2, 0.25) is 5.88 Å². The summed E-state index contributed by atoms with van der Waals surface area (Å²) in [4.78, 5) is 26.7. The molecule has 2 N–H and O–H groups in total. The fourth-order valence-electron chi connectivity index (χ4n) is 2.74. The van der Waals surface area contributed by atoms with Crippen molar-refractivity contribution in [2.75, 3.05) is 33.4 Å². The Morgan fingerprint density at radius 1 is 1.23 bits per heavy atom. The van der Waals surface area contributed by atoms with Gasteiger partial charge in [0, 0.05) is 0 Å². The maximum absolute atomic E-state index is 12.3. The molecule has 1 saturated heterocycles. The molecule has 0 atom stereocenters. The lowest BCUT2D eigenvalue weighted by Gasteiger charge is -2.24. The number of hydrogen-bond acceptors (Lipinski definition) is 7. The van der Waals surface area contributed by atoms with E-state index in [1.807, 2.05) is 0 Å². The van der Waals surface area contributed by atoms with Gasteiger partial charge in [0.05, 0.1) is 44.8 Å². The summed E-state index contributed by atoms with van der Waals surface area (Å²) in [6.45, 7) is 3.89. The van der Waals surface area contributed by atoms with Gasteiger partial charge >= 0.3 is 5.69 Å². The SMILES string of the molecule is COc1ccc(-n2c(O)c(C(C)=NN3CCOCC3)c(=O)[nH]c2=O)cc1. The lowest BCUT2D eigenvalue weighted by molar-refractivity contribution is 0.0393. The maximum atomic E-state index is 12.3. The van der Waals surface area contributed by atoms with Crippen molar-refractivity contribution >= 4 is 5.71 Å². The van der Waals surface area contributed by atoms with E-state index in [0.717, 1.165) is 4.57 Å². The number of aromatic hydroxyl groups is 1. The number of aromatic nitrogens is 2. The molecule has 3 rings (SSSR count). The number of nitrogens with zero attached hydrogens (tertiary/aromatic N) is 3. The van der Waals surface area contributed by atoms with Gasteiger partial charge in [-0.15, -0.1) is 0 Å². The molecule has 9 heteroatoms. The van der Waals surface area contributed by atoms with E-state index in [0.29, 0.717) is 43.5 Å². The van der Waals surface area contributed by atoms with E-state index >= 15 is 0 Å². The summed E-state index contributed by atoms with van der Waals surface area (Å²) in [7, 11) is 1.53. The Balaban J connectivity index is 2.07. The predicted octanol–water partition coefficient (Wildman–Crippen LogP) is 0.296. The zero-order valence-corrected chi connectivity index (χ0v) is 14.6. The smallest absolute Gasteiger partial charge is 0.335 e.